The number of carbonyl (C=O) groups excluding carboxylic acids is 1. The van der Waals surface area contributed by atoms with Gasteiger partial charge in [0.25, 0.3) is 0 Å². The van der Waals surface area contributed by atoms with Crippen molar-refractivity contribution in [2.45, 2.75) is 25.4 Å². The van der Waals surface area contributed by atoms with Gasteiger partial charge < -0.3 is 4.90 Å². The first-order valence-electron chi connectivity index (χ1n) is 6.78. The van der Waals surface area contributed by atoms with E-state index in [1.165, 1.54) is 12.0 Å². The Morgan fingerprint density at radius 2 is 2.16 bits per heavy atom. The zero-order valence-electron chi connectivity index (χ0n) is 11.4. The van der Waals surface area contributed by atoms with Crippen LogP contribution in [-0.2, 0) is 11.3 Å². The van der Waals surface area contributed by atoms with Gasteiger partial charge in [-0.2, -0.15) is 0 Å². The summed E-state index contributed by atoms with van der Waals surface area (Å²) in [5, 5.41) is 0. The molecule has 0 radical (unpaired) electrons. The van der Waals surface area contributed by atoms with Gasteiger partial charge in [-0.25, -0.2) is 0 Å². The Labute approximate surface area is 120 Å². The highest BCUT2D eigenvalue weighted by molar-refractivity contribution is 6.27. The summed E-state index contributed by atoms with van der Waals surface area (Å²) in [4.78, 5) is 15.8. The van der Waals surface area contributed by atoms with Crippen LogP contribution >= 0.6 is 11.6 Å². The van der Waals surface area contributed by atoms with Crippen LogP contribution in [0, 0.1) is 0 Å². The lowest BCUT2D eigenvalue weighted by Gasteiger charge is -2.28. The molecule has 3 nitrogen and oxygen atoms in total. The van der Waals surface area contributed by atoms with E-state index >= 15 is 0 Å². The van der Waals surface area contributed by atoms with Crippen molar-refractivity contribution in [3.63, 3.8) is 0 Å². The normalized spacial score (nSPS) is 19.6. The lowest BCUT2D eigenvalue weighted by Crippen LogP contribution is -2.41. The van der Waals surface area contributed by atoms with Gasteiger partial charge in [-0.3, -0.25) is 9.69 Å². The maximum absolute atomic E-state index is 11.5. The minimum absolute atomic E-state index is 0.00762. The van der Waals surface area contributed by atoms with E-state index in [9.17, 15) is 4.79 Å². The van der Waals surface area contributed by atoms with E-state index in [2.05, 4.69) is 29.2 Å². The molecule has 1 fully saturated rings. The van der Waals surface area contributed by atoms with Crippen LogP contribution in [0.2, 0.25) is 0 Å². The number of hydrogen-bond acceptors (Lipinski definition) is 2. The van der Waals surface area contributed by atoms with E-state index in [0.717, 1.165) is 26.1 Å². The monoisotopic (exact) mass is 280 g/mol. The molecule has 0 bridgehead atoms. The second-order valence-corrected chi connectivity index (χ2v) is 5.43. The van der Waals surface area contributed by atoms with Crippen LogP contribution in [0.25, 0.3) is 0 Å². The van der Waals surface area contributed by atoms with Crippen molar-refractivity contribution >= 4 is 17.5 Å². The van der Waals surface area contributed by atoms with Crippen molar-refractivity contribution in [1.29, 1.82) is 0 Å². The number of nitrogens with zero attached hydrogens (tertiary/aromatic N) is 2. The highest BCUT2D eigenvalue weighted by Gasteiger charge is 2.26. The predicted molar refractivity (Wildman–Crippen MR) is 78.2 cm³/mol. The summed E-state index contributed by atoms with van der Waals surface area (Å²) >= 11 is 5.59. The molecule has 0 spiro atoms. The molecular formula is C15H21ClN2O. The lowest BCUT2D eigenvalue weighted by molar-refractivity contribution is -0.127. The molecule has 19 heavy (non-hydrogen) atoms. The zero-order valence-corrected chi connectivity index (χ0v) is 12.1. The standard InChI is InChI=1S/C15H21ClN2O/c1-17(15(19)10-16)12-14-8-5-9-18(14)11-13-6-3-2-4-7-13/h2-4,6-7,14H,5,8-12H2,1H3. The van der Waals surface area contributed by atoms with Crippen LogP contribution in [-0.4, -0.2) is 47.8 Å². The number of hydrogen-bond donors (Lipinski definition) is 0. The molecule has 0 aromatic heterocycles. The molecule has 1 saturated heterocycles. The number of alkyl halides is 1. The minimum atomic E-state index is 0.00762. The number of amides is 1. The van der Waals surface area contributed by atoms with Crippen LogP contribution in [0.3, 0.4) is 0 Å². The molecule has 1 aromatic rings. The number of benzene rings is 1. The lowest BCUT2D eigenvalue weighted by atomic mass is 10.1. The Bertz CT molecular complexity index is 410. The largest absolute Gasteiger partial charge is 0.343 e. The van der Waals surface area contributed by atoms with E-state index in [4.69, 9.17) is 11.6 Å². The number of halogens is 1. The third-order valence-corrected chi connectivity index (χ3v) is 3.98. The Morgan fingerprint density at radius 1 is 1.42 bits per heavy atom. The van der Waals surface area contributed by atoms with Crippen molar-refractivity contribution in [2.75, 3.05) is 26.0 Å². The fourth-order valence-electron chi connectivity index (χ4n) is 2.65. The molecule has 2 rings (SSSR count). The summed E-state index contributed by atoms with van der Waals surface area (Å²) in [5.41, 5.74) is 1.33. The molecule has 0 aliphatic carbocycles. The second kappa shape index (κ2) is 6.92. The summed E-state index contributed by atoms with van der Waals surface area (Å²) in [6.07, 6.45) is 2.37. The highest BCUT2D eigenvalue weighted by Crippen LogP contribution is 2.20. The van der Waals surface area contributed by atoms with Crippen molar-refractivity contribution in [2.24, 2.45) is 0 Å². The third kappa shape index (κ3) is 3.95. The average Bonchev–Trinajstić information content (AvgIpc) is 2.86. The minimum Gasteiger partial charge on any atom is -0.343 e. The Balaban J connectivity index is 1.92. The molecule has 0 saturated carbocycles. The molecule has 1 aromatic carbocycles. The van der Waals surface area contributed by atoms with Crippen LogP contribution < -0.4 is 0 Å². The number of rotatable bonds is 5. The van der Waals surface area contributed by atoms with Gasteiger partial charge in [-0.1, -0.05) is 30.3 Å². The van der Waals surface area contributed by atoms with E-state index in [1.807, 2.05) is 13.1 Å². The molecular weight excluding hydrogens is 260 g/mol. The second-order valence-electron chi connectivity index (χ2n) is 5.16. The van der Waals surface area contributed by atoms with Crippen LogP contribution in [0.4, 0.5) is 0 Å². The first kappa shape index (κ1) is 14.4. The summed E-state index contributed by atoms with van der Waals surface area (Å²) in [6.45, 7) is 2.86. The van der Waals surface area contributed by atoms with Gasteiger partial charge in [0.2, 0.25) is 5.91 Å². The van der Waals surface area contributed by atoms with Gasteiger partial charge >= 0.3 is 0 Å². The van der Waals surface area contributed by atoms with Crippen LogP contribution in [0.15, 0.2) is 30.3 Å². The Morgan fingerprint density at radius 3 is 2.84 bits per heavy atom. The van der Waals surface area contributed by atoms with Gasteiger partial charge in [0.15, 0.2) is 0 Å². The summed E-state index contributed by atoms with van der Waals surface area (Å²) in [6, 6.07) is 11.0. The smallest absolute Gasteiger partial charge is 0.237 e. The first-order chi connectivity index (χ1) is 9.20. The molecule has 4 heteroatoms. The maximum atomic E-state index is 11.5. The number of carbonyl (C=O) groups is 1. The van der Waals surface area contributed by atoms with E-state index in [-0.39, 0.29) is 11.8 Å². The first-order valence-corrected chi connectivity index (χ1v) is 7.32. The Hall–Kier alpha value is -1.06. The predicted octanol–water partition coefficient (Wildman–Crippen LogP) is 2.35. The molecule has 104 valence electrons. The van der Waals surface area contributed by atoms with E-state index in [1.54, 1.807) is 4.90 Å². The third-order valence-electron chi connectivity index (χ3n) is 3.75. The molecule has 0 N–H and O–H groups in total. The topological polar surface area (TPSA) is 23.6 Å². The molecule has 1 heterocycles. The van der Waals surface area contributed by atoms with Crippen molar-refractivity contribution in [1.82, 2.24) is 9.80 Å². The van der Waals surface area contributed by atoms with E-state index in [0.29, 0.717) is 6.04 Å². The summed E-state index contributed by atoms with van der Waals surface area (Å²) < 4.78 is 0. The molecule has 1 amide bonds. The number of likely N-dealkylation sites (N-methyl/N-ethyl adjacent to an activating group) is 1. The SMILES string of the molecule is CN(CC1CCCN1Cc1ccccc1)C(=O)CCl. The molecule has 1 aliphatic rings. The van der Waals surface area contributed by atoms with Gasteiger partial charge in [-0.05, 0) is 24.9 Å². The van der Waals surface area contributed by atoms with Crippen molar-refractivity contribution in [3.05, 3.63) is 35.9 Å². The molecule has 1 aliphatic heterocycles. The van der Waals surface area contributed by atoms with Crippen LogP contribution in [0.5, 0.6) is 0 Å². The Kier molecular flexibility index (Phi) is 5.23. The fraction of sp³-hybridized carbons (Fsp3) is 0.533. The van der Waals surface area contributed by atoms with Crippen molar-refractivity contribution in [3.8, 4) is 0 Å². The van der Waals surface area contributed by atoms with Gasteiger partial charge in [0, 0.05) is 26.2 Å². The summed E-state index contributed by atoms with van der Waals surface area (Å²) in [5.74, 6) is 0.0790. The quantitative estimate of drug-likeness (QED) is 0.773. The fourth-order valence-corrected chi connectivity index (χ4v) is 2.85. The van der Waals surface area contributed by atoms with Gasteiger partial charge in [-0.15, -0.1) is 11.6 Å². The van der Waals surface area contributed by atoms with Gasteiger partial charge in [0.1, 0.15) is 5.88 Å². The maximum Gasteiger partial charge on any atom is 0.237 e. The van der Waals surface area contributed by atoms with Gasteiger partial charge in [0.05, 0.1) is 0 Å². The average molecular weight is 281 g/mol. The highest BCUT2D eigenvalue weighted by atomic mass is 35.5. The van der Waals surface area contributed by atoms with Crippen molar-refractivity contribution < 1.29 is 4.79 Å². The molecule has 1 atom stereocenters. The number of likely N-dealkylation sites (tertiary alicyclic amines) is 1. The zero-order chi connectivity index (χ0) is 13.7. The van der Waals surface area contributed by atoms with Crippen LogP contribution in [0.1, 0.15) is 18.4 Å². The van der Waals surface area contributed by atoms with E-state index < -0.39 is 0 Å². The summed E-state index contributed by atoms with van der Waals surface area (Å²) in [7, 11) is 1.84. The molecule has 1 unspecified atom stereocenters.